The second kappa shape index (κ2) is 34.7. The van der Waals surface area contributed by atoms with E-state index >= 15 is 0 Å². The van der Waals surface area contributed by atoms with Gasteiger partial charge >= 0.3 is 0 Å². The van der Waals surface area contributed by atoms with Gasteiger partial charge in [0, 0.05) is 44.3 Å². The summed E-state index contributed by atoms with van der Waals surface area (Å²) in [5.41, 5.74) is 23.0. The van der Waals surface area contributed by atoms with Crippen LogP contribution in [0.15, 0.2) is 146 Å². The van der Waals surface area contributed by atoms with Gasteiger partial charge in [-0.3, -0.25) is 0 Å². The van der Waals surface area contributed by atoms with E-state index in [2.05, 4.69) is 183 Å². The highest BCUT2D eigenvalue weighted by Gasteiger charge is 2.31. The molecule has 0 N–H and O–H groups in total. The smallest absolute Gasteiger partial charge is 0.0620 e. The first-order valence-electron chi connectivity index (χ1n) is 39.7. The van der Waals surface area contributed by atoms with Gasteiger partial charge in [0.15, 0.2) is 0 Å². The number of nitrogens with zero attached hydrogens (tertiary/aromatic N) is 2. The summed E-state index contributed by atoms with van der Waals surface area (Å²) in [7, 11) is 0. The molecular weight excluding hydrogens is 1130 g/mol. The van der Waals surface area contributed by atoms with Crippen LogP contribution < -0.4 is 9.80 Å². The first-order chi connectivity index (χ1) is 46.5. The van der Waals surface area contributed by atoms with Gasteiger partial charge in [0.2, 0.25) is 0 Å². The summed E-state index contributed by atoms with van der Waals surface area (Å²) in [6, 6.07) is 61.4. The van der Waals surface area contributed by atoms with Crippen molar-refractivity contribution in [2.45, 2.75) is 308 Å². The zero-order chi connectivity index (χ0) is 64.3. The summed E-state index contributed by atoms with van der Waals surface area (Å²) in [5.74, 6) is 2.37. The van der Waals surface area contributed by atoms with Crippen molar-refractivity contribution >= 4 is 55.7 Å². The van der Waals surface area contributed by atoms with Crippen molar-refractivity contribution in [3.63, 3.8) is 0 Å². The van der Waals surface area contributed by atoms with Crippen LogP contribution in [0.3, 0.4) is 0 Å². The van der Waals surface area contributed by atoms with E-state index in [1.807, 2.05) is 0 Å². The summed E-state index contributed by atoms with van der Waals surface area (Å²) in [6.45, 7) is 9.45. The maximum absolute atomic E-state index is 2.88. The number of unbranched alkanes of at least 4 members (excludes halogenated alkanes) is 12. The minimum Gasteiger partial charge on any atom is -0.309 e. The Labute approximate surface area is 571 Å². The van der Waals surface area contributed by atoms with Crippen LogP contribution >= 0.6 is 0 Å². The number of aryl methyl sites for hydroxylation is 4. The Morgan fingerprint density at radius 1 is 0.255 bits per heavy atom. The Kier molecular flexibility index (Phi) is 25.0. The van der Waals surface area contributed by atoms with E-state index in [4.69, 9.17) is 0 Å². The zero-order valence-electron chi connectivity index (χ0n) is 59.3. The Bertz CT molecular complexity index is 3500. The number of hydrogen-bond acceptors (Lipinski definition) is 2. The highest BCUT2D eigenvalue weighted by Crippen LogP contribution is 2.55. The number of fused-ring (bicyclic) bond motifs is 2. The van der Waals surface area contributed by atoms with Crippen LogP contribution in [0.25, 0.3) is 32.7 Å². The maximum Gasteiger partial charge on any atom is 0.0620 e. The molecule has 0 spiro atoms. The van der Waals surface area contributed by atoms with Crippen LogP contribution in [-0.2, 0) is 25.7 Å². The van der Waals surface area contributed by atoms with Crippen LogP contribution in [0.1, 0.15) is 327 Å². The molecule has 4 fully saturated rings. The summed E-state index contributed by atoms with van der Waals surface area (Å²) in [4.78, 5) is 5.76. The Balaban J connectivity index is 1.19. The monoisotopic (exact) mass is 1250 g/mol. The van der Waals surface area contributed by atoms with Crippen molar-refractivity contribution in [3.05, 3.63) is 190 Å². The fourth-order valence-corrected chi connectivity index (χ4v) is 17.8. The Morgan fingerprint density at radius 2 is 0.564 bits per heavy atom. The van der Waals surface area contributed by atoms with Crippen LogP contribution in [-0.4, -0.2) is 0 Å². The number of hydrogen-bond donors (Lipinski definition) is 0. The molecule has 2 heteroatoms. The molecule has 0 radical (unpaired) electrons. The van der Waals surface area contributed by atoms with E-state index in [9.17, 15) is 0 Å². The molecule has 0 aromatic heterocycles. The van der Waals surface area contributed by atoms with E-state index in [1.165, 1.54) is 320 Å². The predicted molar refractivity (Wildman–Crippen MR) is 411 cm³/mol. The minimum atomic E-state index is 0.591. The molecule has 4 aliphatic rings. The van der Waals surface area contributed by atoms with Gasteiger partial charge in [-0.05, 0) is 237 Å². The van der Waals surface area contributed by atoms with Gasteiger partial charge in [0.05, 0.1) is 11.4 Å². The lowest BCUT2D eigenvalue weighted by Crippen LogP contribution is -2.17. The number of benzene rings is 8. The maximum atomic E-state index is 2.88. The highest BCUT2D eigenvalue weighted by molar-refractivity contribution is 6.24. The number of rotatable bonds is 31. The molecule has 0 atom stereocenters. The van der Waals surface area contributed by atoms with Crippen molar-refractivity contribution in [1.29, 1.82) is 0 Å². The fourth-order valence-electron chi connectivity index (χ4n) is 17.8. The molecule has 4 saturated carbocycles. The Morgan fingerprint density at radius 3 is 0.904 bits per heavy atom. The van der Waals surface area contributed by atoms with Crippen LogP contribution in [0.2, 0.25) is 0 Å². The van der Waals surface area contributed by atoms with Gasteiger partial charge in [-0.1, -0.05) is 273 Å². The van der Waals surface area contributed by atoms with Crippen molar-refractivity contribution in [2.75, 3.05) is 9.80 Å². The summed E-state index contributed by atoms with van der Waals surface area (Å²) >= 11 is 0. The molecule has 12 rings (SSSR count). The lowest BCUT2D eigenvalue weighted by Gasteiger charge is -2.35. The van der Waals surface area contributed by atoms with Gasteiger partial charge in [-0.2, -0.15) is 0 Å². The molecule has 94 heavy (non-hydrogen) atoms. The first kappa shape index (κ1) is 67.8. The standard InChI is InChI=1S/C92H120N2/c1-5-9-13-22-38-69-56-70(39-23-14-10-6-2)59-83(58-69)93(85-64-79(74-44-28-18-29-45-74)62-80(65-85)75-46-30-19-31-47-75)91-87-52-36-37-53-88(87)92(90-68-78(54-55-89(90)91)73-42-26-17-27-43-73)94(84-60-71(40-24-15-11-7-3)57-72(61-84)41-25-16-12-8-4)86-66-81(76-48-32-20-33-49-76)63-82(67-86)77-50-34-21-35-51-77/h17,26-27,36-37,42-43,52-68,74-77H,5-16,18-25,28-35,38-41,44-51H2,1-4H3. The van der Waals surface area contributed by atoms with Crippen molar-refractivity contribution in [3.8, 4) is 11.1 Å². The lowest BCUT2D eigenvalue weighted by molar-refractivity contribution is 0.435. The first-order valence-corrected chi connectivity index (χ1v) is 39.7. The second-order valence-corrected chi connectivity index (χ2v) is 30.4. The summed E-state index contributed by atoms with van der Waals surface area (Å²) in [5, 5.41) is 5.36. The summed E-state index contributed by atoms with van der Waals surface area (Å²) < 4.78 is 0. The van der Waals surface area contributed by atoms with Gasteiger partial charge in [0.25, 0.3) is 0 Å². The molecule has 2 nitrogen and oxygen atoms in total. The SMILES string of the molecule is CCCCCCc1cc(CCCCCC)cc(N(c2cc(C3CCCCC3)cc(C3CCCCC3)c2)c2c3ccccc3c(N(c3cc(CCCCCC)cc(CCCCCC)c3)c3cc(C4CCCCC4)cc(C4CCCCC4)c3)c3cc(-c4ccccc4)ccc23)c1. The van der Waals surface area contributed by atoms with Crippen LogP contribution in [0.5, 0.6) is 0 Å². The van der Waals surface area contributed by atoms with Gasteiger partial charge in [0.1, 0.15) is 0 Å². The zero-order valence-corrected chi connectivity index (χ0v) is 59.3. The predicted octanol–water partition coefficient (Wildman–Crippen LogP) is 29.3. The van der Waals surface area contributed by atoms with E-state index < -0.39 is 0 Å². The molecule has 0 amide bonds. The van der Waals surface area contributed by atoms with Gasteiger partial charge in [-0.25, -0.2) is 0 Å². The van der Waals surface area contributed by atoms with Crippen molar-refractivity contribution in [2.24, 2.45) is 0 Å². The second-order valence-electron chi connectivity index (χ2n) is 30.4. The van der Waals surface area contributed by atoms with Crippen LogP contribution in [0.4, 0.5) is 34.1 Å². The fraction of sp³-hybridized carbons (Fsp3) is 0.522. The van der Waals surface area contributed by atoms with Gasteiger partial charge in [-0.15, -0.1) is 0 Å². The van der Waals surface area contributed by atoms with E-state index in [-0.39, 0.29) is 0 Å². The molecule has 0 unspecified atom stereocenters. The lowest BCUT2D eigenvalue weighted by atomic mass is 9.79. The molecule has 8 aromatic carbocycles. The molecule has 0 heterocycles. The average Bonchev–Trinajstić information content (AvgIpc) is 0.719. The van der Waals surface area contributed by atoms with Crippen molar-refractivity contribution < 1.29 is 0 Å². The summed E-state index contributed by atoms with van der Waals surface area (Å²) in [6.07, 6.45) is 51.3. The average molecular weight is 1250 g/mol. The minimum absolute atomic E-state index is 0.591. The molecule has 498 valence electrons. The Hall–Kier alpha value is -6.12. The third-order valence-corrected chi connectivity index (χ3v) is 23.1. The number of anilines is 6. The quantitative estimate of drug-likeness (QED) is 0.0243. The third kappa shape index (κ3) is 17.2. The topological polar surface area (TPSA) is 6.48 Å². The van der Waals surface area contributed by atoms with Crippen molar-refractivity contribution in [1.82, 2.24) is 0 Å². The molecule has 0 saturated heterocycles. The highest BCUT2D eigenvalue weighted by atomic mass is 15.2. The van der Waals surface area contributed by atoms with Gasteiger partial charge < -0.3 is 9.80 Å². The van der Waals surface area contributed by atoms with E-state index in [1.54, 1.807) is 22.3 Å². The van der Waals surface area contributed by atoms with E-state index in [0.717, 1.165) is 25.7 Å². The molecule has 4 aliphatic carbocycles. The van der Waals surface area contributed by atoms with Crippen LogP contribution in [0, 0.1) is 0 Å². The third-order valence-electron chi connectivity index (χ3n) is 23.1. The normalized spacial score (nSPS) is 16.3. The largest absolute Gasteiger partial charge is 0.309 e. The molecular formula is C92H120N2. The molecule has 0 aliphatic heterocycles. The molecule has 8 aromatic rings. The van der Waals surface area contributed by atoms with E-state index in [0.29, 0.717) is 23.7 Å². The molecule has 0 bridgehead atoms.